The molecule has 0 bridgehead atoms. The van der Waals surface area contributed by atoms with Gasteiger partial charge in [-0.2, -0.15) is 0 Å². The minimum absolute atomic E-state index is 0.0155. The maximum Gasteiger partial charge on any atom is 0.230 e. The summed E-state index contributed by atoms with van der Waals surface area (Å²) >= 11 is 7.34. The summed E-state index contributed by atoms with van der Waals surface area (Å²) in [5, 5.41) is 3.67. The summed E-state index contributed by atoms with van der Waals surface area (Å²) in [7, 11) is 0. The van der Waals surface area contributed by atoms with Crippen LogP contribution in [-0.4, -0.2) is 41.6 Å². The first kappa shape index (κ1) is 17.6. The highest BCUT2D eigenvalue weighted by Gasteiger charge is 2.35. The maximum absolute atomic E-state index is 12.2. The van der Waals surface area contributed by atoms with Gasteiger partial charge in [-0.05, 0) is 37.1 Å². The van der Waals surface area contributed by atoms with Crippen molar-refractivity contribution < 1.29 is 9.59 Å². The number of halogens is 1. The van der Waals surface area contributed by atoms with Crippen molar-refractivity contribution in [3.63, 3.8) is 0 Å². The normalized spacial score (nSPS) is 21.5. The Morgan fingerprint density at radius 1 is 1.25 bits per heavy atom. The van der Waals surface area contributed by atoms with Crippen molar-refractivity contribution in [3.05, 3.63) is 29.3 Å². The lowest BCUT2D eigenvalue weighted by Crippen LogP contribution is -2.36. The van der Waals surface area contributed by atoms with Crippen molar-refractivity contribution in [1.82, 2.24) is 10.2 Å². The number of rotatable bonds is 6. The van der Waals surface area contributed by atoms with E-state index in [4.69, 9.17) is 11.6 Å². The molecule has 0 radical (unpaired) electrons. The molecular weight excluding hydrogens is 344 g/mol. The zero-order valence-corrected chi connectivity index (χ0v) is 15.2. The molecule has 1 aliphatic carbocycles. The van der Waals surface area contributed by atoms with Gasteiger partial charge in [0.1, 0.15) is 0 Å². The molecule has 130 valence electrons. The molecule has 24 heavy (non-hydrogen) atoms. The van der Waals surface area contributed by atoms with Crippen LogP contribution < -0.4 is 5.32 Å². The van der Waals surface area contributed by atoms with Gasteiger partial charge in [0.25, 0.3) is 0 Å². The maximum atomic E-state index is 12.2. The molecule has 3 rings (SSSR count). The van der Waals surface area contributed by atoms with E-state index in [0.717, 1.165) is 24.3 Å². The van der Waals surface area contributed by atoms with Crippen LogP contribution in [0.2, 0.25) is 5.02 Å². The van der Waals surface area contributed by atoms with Gasteiger partial charge < -0.3 is 10.2 Å². The monoisotopic (exact) mass is 366 g/mol. The number of hydrogen-bond donors (Lipinski definition) is 1. The number of likely N-dealkylation sites (tertiary alicyclic amines) is 1. The van der Waals surface area contributed by atoms with Gasteiger partial charge in [0, 0.05) is 41.4 Å². The Labute approximate surface area is 152 Å². The molecule has 0 spiro atoms. The lowest BCUT2D eigenvalue weighted by atomic mass is 10.1. The van der Waals surface area contributed by atoms with Crippen LogP contribution >= 0.6 is 23.4 Å². The minimum atomic E-state index is 0.0155. The standard InChI is InChI=1S/C18H23ClN2O2S/c19-14-5-7-16(8-6-14)24-12-17(22)20-10-13-9-18(23)21(11-13)15-3-1-2-4-15/h5-8,13,15H,1-4,9-12H2,(H,20,22)/t13-/m0/s1. The summed E-state index contributed by atoms with van der Waals surface area (Å²) < 4.78 is 0. The Kier molecular flexibility index (Phi) is 6.06. The van der Waals surface area contributed by atoms with Crippen LogP contribution in [0, 0.1) is 5.92 Å². The lowest BCUT2D eigenvalue weighted by molar-refractivity contribution is -0.129. The Morgan fingerprint density at radius 2 is 1.96 bits per heavy atom. The van der Waals surface area contributed by atoms with Gasteiger partial charge in [0.15, 0.2) is 0 Å². The molecule has 1 atom stereocenters. The fourth-order valence-corrected chi connectivity index (χ4v) is 4.36. The molecule has 2 aliphatic rings. The number of carbonyl (C=O) groups is 2. The molecule has 0 unspecified atom stereocenters. The molecule has 2 fully saturated rings. The average Bonchev–Trinajstić information content (AvgIpc) is 3.21. The molecule has 0 aromatic heterocycles. The van der Waals surface area contributed by atoms with Gasteiger partial charge in [0.2, 0.25) is 11.8 Å². The second-order valence-electron chi connectivity index (χ2n) is 6.60. The van der Waals surface area contributed by atoms with E-state index >= 15 is 0 Å². The van der Waals surface area contributed by atoms with Gasteiger partial charge in [-0.1, -0.05) is 24.4 Å². The highest BCUT2D eigenvalue weighted by Crippen LogP contribution is 2.29. The van der Waals surface area contributed by atoms with E-state index in [9.17, 15) is 9.59 Å². The SMILES string of the molecule is O=C(CSc1ccc(Cl)cc1)NC[C@@H]1CC(=O)N(C2CCCC2)C1. The number of hydrogen-bond acceptors (Lipinski definition) is 3. The largest absolute Gasteiger partial charge is 0.355 e. The summed E-state index contributed by atoms with van der Waals surface area (Å²) in [4.78, 5) is 27.2. The fourth-order valence-electron chi connectivity index (χ4n) is 3.50. The predicted octanol–water partition coefficient (Wildman–Crippen LogP) is 3.34. The Morgan fingerprint density at radius 3 is 2.67 bits per heavy atom. The number of benzene rings is 1. The van der Waals surface area contributed by atoms with Gasteiger partial charge in [-0.3, -0.25) is 9.59 Å². The van der Waals surface area contributed by atoms with Crippen molar-refractivity contribution in [1.29, 1.82) is 0 Å². The average molecular weight is 367 g/mol. The number of carbonyl (C=O) groups excluding carboxylic acids is 2. The molecule has 1 heterocycles. The summed E-state index contributed by atoms with van der Waals surface area (Å²) in [6.45, 7) is 1.39. The molecule has 2 amide bonds. The van der Waals surface area contributed by atoms with E-state index in [2.05, 4.69) is 5.32 Å². The molecule has 1 saturated carbocycles. The van der Waals surface area contributed by atoms with Crippen molar-refractivity contribution in [2.24, 2.45) is 5.92 Å². The van der Waals surface area contributed by atoms with Crippen LogP contribution in [0.25, 0.3) is 0 Å². The Bertz CT molecular complexity index is 587. The fraction of sp³-hybridized carbons (Fsp3) is 0.556. The summed E-state index contributed by atoms with van der Waals surface area (Å²) in [6, 6.07) is 7.91. The number of amides is 2. The third-order valence-electron chi connectivity index (χ3n) is 4.78. The molecule has 1 aromatic carbocycles. The van der Waals surface area contributed by atoms with Gasteiger partial charge in [0.05, 0.1) is 5.75 Å². The van der Waals surface area contributed by atoms with E-state index in [0.29, 0.717) is 29.8 Å². The van der Waals surface area contributed by atoms with Crippen molar-refractivity contribution in [2.75, 3.05) is 18.8 Å². The van der Waals surface area contributed by atoms with Gasteiger partial charge >= 0.3 is 0 Å². The minimum Gasteiger partial charge on any atom is -0.355 e. The second kappa shape index (κ2) is 8.26. The smallest absolute Gasteiger partial charge is 0.230 e. The van der Waals surface area contributed by atoms with Crippen LogP contribution in [0.15, 0.2) is 29.2 Å². The first-order valence-electron chi connectivity index (χ1n) is 8.56. The van der Waals surface area contributed by atoms with Gasteiger partial charge in [-0.25, -0.2) is 0 Å². The van der Waals surface area contributed by atoms with Crippen LogP contribution in [0.3, 0.4) is 0 Å². The molecule has 1 aromatic rings. The zero-order valence-electron chi connectivity index (χ0n) is 13.7. The predicted molar refractivity (Wildman–Crippen MR) is 97.3 cm³/mol. The number of nitrogens with zero attached hydrogens (tertiary/aromatic N) is 1. The third-order valence-corrected chi connectivity index (χ3v) is 6.04. The molecule has 6 heteroatoms. The lowest BCUT2D eigenvalue weighted by Gasteiger charge is -2.24. The van der Waals surface area contributed by atoms with Crippen LogP contribution in [0.5, 0.6) is 0 Å². The Balaban J connectivity index is 1.38. The summed E-state index contributed by atoms with van der Waals surface area (Å²) in [6.07, 6.45) is 5.32. The topological polar surface area (TPSA) is 49.4 Å². The molecule has 1 aliphatic heterocycles. The summed E-state index contributed by atoms with van der Waals surface area (Å²) in [5.74, 6) is 0.912. The van der Waals surface area contributed by atoms with E-state index in [1.165, 1.54) is 24.6 Å². The highest BCUT2D eigenvalue weighted by atomic mass is 35.5. The quantitative estimate of drug-likeness (QED) is 0.785. The molecular formula is C18H23ClN2O2S. The van der Waals surface area contributed by atoms with Crippen LogP contribution in [0.4, 0.5) is 0 Å². The first-order chi connectivity index (χ1) is 11.6. The molecule has 4 nitrogen and oxygen atoms in total. The van der Waals surface area contributed by atoms with Crippen molar-refractivity contribution in [3.8, 4) is 0 Å². The van der Waals surface area contributed by atoms with Crippen molar-refractivity contribution >= 4 is 35.2 Å². The number of nitrogens with one attached hydrogen (secondary N) is 1. The highest BCUT2D eigenvalue weighted by molar-refractivity contribution is 8.00. The molecule has 1 saturated heterocycles. The van der Waals surface area contributed by atoms with Crippen LogP contribution in [0.1, 0.15) is 32.1 Å². The van der Waals surface area contributed by atoms with E-state index in [1.807, 2.05) is 29.2 Å². The summed E-state index contributed by atoms with van der Waals surface area (Å²) in [5.41, 5.74) is 0. The number of thioether (sulfide) groups is 1. The Hall–Kier alpha value is -1.20. The van der Waals surface area contributed by atoms with Gasteiger partial charge in [-0.15, -0.1) is 11.8 Å². The zero-order chi connectivity index (χ0) is 16.9. The first-order valence-corrected chi connectivity index (χ1v) is 9.92. The molecule has 1 N–H and O–H groups in total. The second-order valence-corrected chi connectivity index (χ2v) is 8.09. The van der Waals surface area contributed by atoms with Crippen molar-refractivity contribution in [2.45, 2.75) is 43.0 Å². The van der Waals surface area contributed by atoms with E-state index < -0.39 is 0 Å². The van der Waals surface area contributed by atoms with E-state index in [1.54, 1.807) is 0 Å². The van der Waals surface area contributed by atoms with Crippen LogP contribution in [-0.2, 0) is 9.59 Å². The van der Waals surface area contributed by atoms with E-state index in [-0.39, 0.29) is 17.7 Å². The third kappa shape index (κ3) is 4.67.